The van der Waals surface area contributed by atoms with Crippen LogP contribution in [0.15, 0.2) is 24.3 Å². The molecule has 2 saturated carbocycles. The van der Waals surface area contributed by atoms with E-state index >= 15 is 0 Å². The van der Waals surface area contributed by atoms with Gasteiger partial charge in [-0.3, -0.25) is 9.59 Å². The maximum atomic E-state index is 12.2. The molecule has 0 saturated heterocycles. The lowest BCUT2D eigenvalue weighted by molar-refractivity contribution is -0.120. The molecule has 2 aliphatic rings. The van der Waals surface area contributed by atoms with Crippen molar-refractivity contribution in [3.8, 4) is 0 Å². The molecule has 2 amide bonds. The van der Waals surface area contributed by atoms with Crippen LogP contribution in [0, 0.1) is 11.8 Å². The smallest absolute Gasteiger partial charge is 0.234 e. The molecule has 1 aromatic carbocycles. The Labute approximate surface area is 155 Å². The fourth-order valence-corrected chi connectivity index (χ4v) is 3.17. The molecule has 0 atom stereocenters. The molecule has 0 spiro atoms. The largest absolute Gasteiger partial charge is 0.351 e. The number of halogens is 1. The maximum absolute atomic E-state index is 12.2. The molecule has 0 heterocycles. The summed E-state index contributed by atoms with van der Waals surface area (Å²) < 4.78 is 0. The minimum atomic E-state index is 0. The minimum Gasteiger partial charge on any atom is -0.351 e. The summed E-state index contributed by atoms with van der Waals surface area (Å²) in [6.07, 6.45) is 6.87. The number of amides is 2. The Morgan fingerprint density at radius 3 is 2.56 bits per heavy atom. The molecule has 1 aromatic rings. The minimum absolute atomic E-state index is 0. The first-order valence-electron chi connectivity index (χ1n) is 9.08. The standard InChI is InChI=1S/C19H27N3O2.ClH/c23-18(13-20-11-14-8-9-14)21-12-15-4-3-7-17(10-15)22-19(24)16-5-1-2-6-16;/h3-4,7,10,14,16,20H,1-2,5-6,8-9,11-13H2,(H,21,23)(H,22,24);1H. The highest BCUT2D eigenvalue weighted by atomic mass is 35.5. The molecule has 0 unspecified atom stereocenters. The molecular weight excluding hydrogens is 338 g/mol. The Kier molecular flexibility index (Phi) is 7.72. The van der Waals surface area contributed by atoms with E-state index in [4.69, 9.17) is 0 Å². The molecule has 3 rings (SSSR count). The molecule has 138 valence electrons. The zero-order valence-electron chi connectivity index (χ0n) is 14.6. The van der Waals surface area contributed by atoms with Gasteiger partial charge in [0.15, 0.2) is 0 Å². The van der Waals surface area contributed by atoms with E-state index in [1.165, 1.54) is 12.8 Å². The number of anilines is 1. The first-order chi connectivity index (χ1) is 11.7. The highest BCUT2D eigenvalue weighted by Crippen LogP contribution is 2.27. The Bertz CT molecular complexity index is 584. The number of carbonyl (C=O) groups is 2. The Morgan fingerprint density at radius 2 is 1.84 bits per heavy atom. The van der Waals surface area contributed by atoms with Crippen molar-refractivity contribution in [2.45, 2.75) is 45.1 Å². The van der Waals surface area contributed by atoms with E-state index in [1.807, 2.05) is 24.3 Å². The lowest BCUT2D eigenvalue weighted by atomic mass is 10.1. The maximum Gasteiger partial charge on any atom is 0.234 e. The summed E-state index contributed by atoms with van der Waals surface area (Å²) in [5.41, 5.74) is 1.81. The second kappa shape index (κ2) is 9.78. The Morgan fingerprint density at radius 1 is 1.08 bits per heavy atom. The summed E-state index contributed by atoms with van der Waals surface area (Å²) in [5.74, 6) is 1.07. The highest BCUT2D eigenvalue weighted by molar-refractivity contribution is 5.92. The SMILES string of the molecule is Cl.O=C(CNCC1CC1)NCc1cccc(NC(=O)C2CCCC2)c1. The van der Waals surface area contributed by atoms with E-state index in [2.05, 4.69) is 16.0 Å². The Balaban J connectivity index is 0.00000225. The summed E-state index contributed by atoms with van der Waals surface area (Å²) in [7, 11) is 0. The molecule has 0 radical (unpaired) electrons. The molecule has 3 N–H and O–H groups in total. The molecule has 25 heavy (non-hydrogen) atoms. The van der Waals surface area contributed by atoms with Gasteiger partial charge in [0.25, 0.3) is 0 Å². The van der Waals surface area contributed by atoms with E-state index in [1.54, 1.807) is 0 Å². The van der Waals surface area contributed by atoms with Crippen molar-refractivity contribution in [2.75, 3.05) is 18.4 Å². The Hall–Kier alpha value is -1.59. The van der Waals surface area contributed by atoms with Crippen LogP contribution >= 0.6 is 12.4 Å². The van der Waals surface area contributed by atoms with E-state index < -0.39 is 0 Å². The van der Waals surface area contributed by atoms with Gasteiger partial charge in [0.05, 0.1) is 6.54 Å². The van der Waals surface area contributed by atoms with Gasteiger partial charge in [0.2, 0.25) is 11.8 Å². The quantitative estimate of drug-likeness (QED) is 0.663. The van der Waals surface area contributed by atoms with Gasteiger partial charge in [-0.05, 0) is 55.8 Å². The number of rotatable bonds is 8. The fraction of sp³-hybridized carbons (Fsp3) is 0.579. The zero-order chi connectivity index (χ0) is 16.8. The summed E-state index contributed by atoms with van der Waals surface area (Å²) in [6, 6.07) is 7.71. The van der Waals surface area contributed by atoms with Gasteiger partial charge in [0, 0.05) is 18.2 Å². The third-order valence-corrected chi connectivity index (χ3v) is 4.83. The van der Waals surface area contributed by atoms with E-state index in [9.17, 15) is 9.59 Å². The van der Waals surface area contributed by atoms with E-state index in [-0.39, 0.29) is 30.1 Å². The summed E-state index contributed by atoms with van der Waals surface area (Å²) >= 11 is 0. The van der Waals surface area contributed by atoms with Crippen LogP contribution in [0.5, 0.6) is 0 Å². The second-order valence-electron chi connectivity index (χ2n) is 7.02. The number of nitrogens with one attached hydrogen (secondary N) is 3. The van der Waals surface area contributed by atoms with Gasteiger partial charge in [0.1, 0.15) is 0 Å². The van der Waals surface area contributed by atoms with Crippen LogP contribution < -0.4 is 16.0 Å². The molecule has 2 aliphatic carbocycles. The molecule has 5 nitrogen and oxygen atoms in total. The zero-order valence-corrected chi connectivity index (χ0v) is 15.4. The third-order valence-electron chi connectivity index (χ3n) is 4.83. The topological polar surface area (TPSA) is 70.2 Å². The van der Waals surface area contributed by atoms with Gasteiger partial charge >= 0.3 is 0 Å². The van der Waals surface area contributed by atoms with Crippen LogP contribution in [-0.4, -0.2) is 24.9 Å². The normalized spacial score (nSPS) is 17.0. The first kappa shape index (κ1) is 19.7. The van der Waals surface area contributed by atoms with Gasteiger partial charge in [-0.2, -0.15) is 0 Å². The van der Waals surface area contributed by atoms with Crippen molar-refractivity contribution in [1.82, 2.24) is 10.6 Å². The van der Waals surface area contributed by atoms with Crippen LogP contribution in [0.25, 0.3) is 0 Å². The number of hydrogen-bond acceptors (Lipinski definition) is 3. The van der Waals surface area contributed by atoms with Crippen LogP contribution in [-0.2, 0) is 16.1 Å². The van der Waals surface area contributed by atoms with Crippen molar-refractivity contribution in [3.63, 3.8) is 0 Å². The van der Waals surface area contributed by atoms with Crippen molar-refractivity contribution in [1.29, 1.82) is 0 Å². The first-order valence-corrected chi connectivity index (χ1v) is 9.08. The average Bonchev–Trinajstić information content (AvgIpc) is 3.23. The molecule has 0 aliphatic heterocycles. The lowest BCUT2D eigenvalue weighted by Crippen LogP contribution is -2.34. The van der Waals surface area contributed by atoms with Gasteiger partial charge in [-0.25, -0.2) is 0 Å². The van der Waals surface area contributed by atoms with Crippen molar-refractivity contribution < 1.29 is 9.59 Å². The number of benzene rings is 1. The predicted molar refractivity (Wildman–Crippen MR) is 102 cm³/mol. The third kappa shape index (κ3) is 6.67. The summed E-state index contributed by atoms with van der Waals surface area (Å²) in [6.45, 7) is 1.79. The number of carbonyl (C=O) groups excluding carboxylic acids is 2. The molecular formula is C19H28ClN3O2. The van der Waals surface area contributed by atoms with Crippen molar-refractivity contribution in [2.24, 2.45) is 11.8 Å². The van der Waals surface area contributed by atoms with Crippen LogP contribution in [0.4, 0.5) is 5.69 Å². The van der Waals surface area contributed by atoms with Crippen LogP contribution in [0.2, 0.25) is 0 Å². The molecule has 0 aromatic heterocycles. The van der Waals surface area contributed by atoms with Gasteiger partial charge < -0.3 is 16.0 Å². The fourth-order valence-electron chi connectivity index (χ4n) is 3.17. The van der Waals surface area contributed by atoms with Gasteiger partial charge in [-0.15, -0.1) is 12.4 Å². The van der Waals surface area contributed by atoms with E-state index in [0.29, 0.717) is 13.1 Å². The second-order valence-corrected chi connectivity index (χ2v) is 7.02. The molecule has 0 bridgehead atoms. The van der Waals surface area contributed by atoms with Crippen molar-refractivity contribution in [3.05, 3.63) is 29.8 Å². The molecule has 6 heteroatoms. The highest BCUT2D eigenvalue weighted by Gasteiger charge is 2.22. The lowest BCUT2D eigenvalue weighted by Gasteiger charge is -2.12. The number of hydrogen-bond donors (Lipinski definition) is 3. The predicted octanol–water partition coefficient (Wildman–Crippen LogP) is 2.85. The summed E-state index contributed by atoms with van der Waals surface area (Å²) in [4.78, 5) is 24.0. The summed E-state index contributed by atoms with van der Waals surface area (Å²) in [5, 5.41) is 9.10. The van der Waals surface area contributed by atoms with Crippen molar-refractivity contribution >= 4 is 29.9 Å². The van der Waals surface area contributed by atoms with Crippen LogP contribution in [0.1, 0.15) is 44.1 Å². The monoisotopic (exact) mass is 365 g/mol. The van der Waals surface area contributed by atoms with Gasteiger partial charge in [-0.1, -0.05) is 25.0 Å². The average molecular weight is 366 g/mol. The molecule has 2 fully saturated rings. The van der Waals surface area contributed by atoms with Crippen LogP contribution in [0.3, 0.4) is 0 Å². The van der Waals surface area contributed by atoms with E-state index in [0.717, 1.165) is 49.4 Å².